The highest BCUT2D eigenvalue weighted by atomic mass is 19.4. The molecule has 0 saturated heterocycles. The van der Waals surface area contributed by atoms with Crippen molar-refractivity contribution in [1.82, 2.24) is 4.98 Å². The van der Waals surface area contributed by atoms with Gasteiger partial charge in [0.1, 0.15) is 0 Å². The van der Waals surface area contributed by atoms with Gasteiger partial charge in [0.2, 0.25) is 11.3 Å². The second-order valence-electron chi connectivity index (χ2n) is 3.16. The predicted molar refractivity (Wildman–Crippen MR) is 56.3 cm³/mol. The quantitative estimate of drug-likeness (QED) is 0.845. The molecule has 19 heavy (non-hydrogen) atoms. The summed E-state index contributed by atoms with van der Waals surface area (Å²) in [5.41, 5.74) is -1.96. The molecule has 1 aromatic heterocycles. The van der Waals surface area contributed by atoms with Crippen molar-refractivity contribution in [3.63, 3.8) is 0 Å². The van der Waals surface area contributed by atoms with Crippen LogP contribution in [0.15, 0.2) is 11.0 Å². The average molecular weight is 281 g/mol. The normalized spacial score (nSPS) is 11.0. The summed E-state index contributed by atoms with van der Waals surface area (Å²) in [6, 6.07) is 0. The fourth-order valence-corrected chi connectivity index (χ4v) is 1.23. The molecule has 1 N–H and O–H groups in total. The van der Waals surface area contributed by atoms with Gasteiger partial charge in [-0.15, -0.1) is 13.2 Å². The van der Waals surface area contributed by atoms with Crippen LogP contribution in [0.1, 0.15) is 17.3 Å². The molecule has 0 saturated carbocycles. The van der Waals surface area contributed by atoms with E-state index < -0.39 is 29.2 Å². The molecule has 0 aliphatic heterocycles. The Morgan fingerprint density at radius 2 is 2.05 bits per heavy atom. The number of carbonyl (C=O) groups is 1. The lowest BCUT2D eigenvalue weighted by Crippen LogP contribution is -2.25. The molecule has 106 valence electrons. The maximum Gasteiger partial charge on any atom is 0.574 e. The zero-order valence-corrected chi connectivity index (χ0v) is 9.96. The predicted octanol–water partition coefficient (Wildman–Crippen LogP) is 1.46. The molecule has 0 bridgehead atoms. The number of alkyl halides is 3. The Morgan fingerprint density at radius 1 is 1.42 bits per heavy atom. The van der Waals surface area contributed by atoms with Gasteiger partial charge in [-0.2, -0.15) is 0 Å². The number of hydrogen-bond donors (Lipinski definition) is 1. The number of methoxy groups -OCH3 is 1. The summed E-state index contributed by atoms with van der Waals surface area (Å²) in [5.74, 6) is -2.61. The van der Waals surface area contributed by atoms with Crippen molar-refractivity contribution in [2.45, 2.75) is 13.3 Å². The first-order valence-electron chi connectivity index (χ1n) is 5.02. The van der Waals surface area contributed by atoms with Gasteiger partial charge in [0.05, 0.1) is 19.9 Å². The molecule has 0 amide bonds. The minimum absolute atomic E-state index is 0.110. The number of carbonyl (C=O) groups excluding carboxylic acids is 1. The minimum Gasteiger partial charge on any atom is -0.491 e. The standard InChI is InChI=1S/C10H10F3NO5/c1-3-18-9(16)6-7(15)5(17-2)4-14-8(6)19-10(11,12)13/h4H,3H2,1-2H3,(H,14,15). The highest BCUT2D eigenvalue weighted by molar-refractivity contribution is 5.92. The molecule has 0 atom stereocenters. The van der Waals surface area contributed by atoms with Crippen molar-refractivity contribution < 1.29 is 32.2 Å². The number of ether oxygens (including phenoxy) is 3. The van der Waals surface area contributed by atoms with Crippen LogP contribution in [0.25, 0.3) is 0 Å². The van der Waals surface area contributed by atoms with Crippen molar-refractivity contribution in [3.05, 3.63) is 22.0 Å². The molecule has 0 unspecified atom stereocenters. The van der Waals surface area contributed by atoms with E-state index in [0.29, 0.717) is 0 Å². The molecular formula is C10H10F3NO5. The summed E-state index contributed by atoms with van der Waals surface area (Å²) in [6.45, 7) is 1.33. The third-order valence-electron chi connectivity index (χ3n) is 1.93. The Bertz CT molecular complexity index is 523. The SMILES string of the molecule is CCOC(=O)c1c(OC(F)(F)F)[nH]cc(OC)c1=O. The summed E-state index contributed by atoms with van der Waals surface area (Å²) < 4.78 is 49.2. The molecular weight excluding hydrogens is 271 g/mol. The average Bonchev–Trinajstić information content (AvgIpc) is 2.27. The zero-order chi connectivity index (χ0) is 14.6. The van der Waals surface area contributed by atoms with Gasteiger partial charge in [-0.1, -0.05) is 0 Å². The zero-order valence-electron chi connectivity index (χ0n) is 9.96. The van der Waals surface area contributed by atoms with E-state index in [1.54, 1.807) is 0 Å². The Balaban J connectivity index is 3.35. The third-order valence-corrected chi connectivity index (χ3v) is 1.93. The molecule has 0 radical (unpaired) electrons. The summed E-state index contributed by atoms with van der Waals surface area (Å²) in [4.78, 5) is 25.3. The fourth-order valence-electron chi connectivity index (χ4n) is 1.23. The summed E-state index contributed by atoms with van der Waals surface area (Å²) in [5, 5.41) is 0. The van der Waals surface area contributed by atoms with Crippen molar-refractivity contribution in [2.75, 3.05) is 13.7 Å². The van der Waals surface area contributed by atoms with Crippen LogP contribution in [0.3, 0.4) is 0 Å². The minimum atomic E-state index is -5.06. The van der Waals surface area contributed by atoms with E-state index in [0.717, 1.165) is 13.3 Å². The van der Waals surface area contributed by atoms with E-state index in [9.17, 15) is 22.8 Å². The van der Waals surface area contributed by atoms with Gasteiger partial charge >= 0.3 is 12.3 Å². The van der Waals surface area contributed by atoms with Crippen LogP contribution in [-0.4, -0.2) is 31.0 Å². The number of rotatable bonds is 4. The first-order valence-corrected chi connectivity index (χ1v) is 5.02. The molecule has 0 aromatic carbocycles. The Morgan fingerprint density at radius 3 is 2.53 bits per heavy atom. The van der Waals surface area contributed by atoms with Crippen LogP contribution in [0.5, 0.6) is 11.6 Å². The van der Waals surface area contributed by atoms with Crippen LogP contribution >= 0.6 is 0 Å². The van der Waals surface area contributed by atoms with Gasteiger partial charge in [-0.25, -0.2) is 4.79 Å². The highest BCUT2D eigenvalue weighted by Crippen LogP contribution is 2.24. The number of nitrogens with one attached hydrogen (secondary N) is 1. The van der Waals surface area contributed by atoms with E-state index in [-0.39, 0.29) is 12.4 Å². The lowest BCUT2D eigenvalue weighted by Gasteiger charge is -2.12. The van der Waals surface area contributed by atoms with Crippen LogP contribution in [0, 0.1) is 0 Å². The molecule has 0 spiro atoms. The lowest BCUT2D eigenvalue weighted by atomic mass is 10.2. The number of pyridine rings is 1. The highest BCUT2D eigenvalue weighted by Gasteiger charge is 2.35. The third kappa shape index (κ3) is 3.63. The van der Waals surface area contributed by atoms with E-state index in [2.05, 4.69) is 14.2 Å². The summed E-state index contributed by atoms with van der Waals surface area (Å²) in [6.07, 6.45) is -4.20. The maximum absolute atomic E-state index is 12.2. The van der Waals surface area contributed by atoms with Gasteiger partial charge in [0.15, 0.2) is 11.3 Å². The van der Waals surface area contributed by atoms with E-state index in [1.165, 1.54) is 6.92 Å². The molecule has 0 fully saturated rings. The summed E-state index contributed by atoms with van der Waals surface area (Å²) >= 11 is 0. The second-order valence-corrected chi connectivity index (χ2v) is 3.16. The number of H-pyrrole nitrogens is 1. The number of halogens is 3. The molecule has 0 aliphatic carbocycles. The van der Waals surface area contributed by atoms with Gasteiger partial charge in [0, 0.05) is 0 Å². The van der Waals surface area contributed by atoms with Crippen molar-refractivity contribution in [2.24, 2.45) is 0 Å². The van der Waals surface area contributed by atoms with Crippen LogP contribution in [0.2, 0.25) is 0 Å². The van der Waals surface area contributed by atoms with E-state index in [4.69, 9.17) is 0 Å². The Hall–Kier alpha value is -2.19. The molecule has 0 aliphatic rings. The maximum atomic E-state index is 12.2. The van der Waals surface area contributed by atoms with Crippen LogP contribution < -0.4 is 14.9 Å². The first-order chi connectivity index (χ1) is 8.80. The molecule has 1 rings (SSSR count). The summed E-state index contributed by atoms with van der Waals surface area (Å²) in [7, 11) is 1.13. The van der Waals surface area contributed by atoms with Crippen LogP contribution in [0.4, 0.5) is 13.2 Å². The lowest BCUT2D eigenvalue weighted by molar-refractivity contribution is -0.276. The number of hydrogen-bond acceptors (Lipinski definition) is 5. The Kier molecular flexibility index (Phi) is 4.41. The van der Waals surface area contributed by atoms with Crippen molar-refractivity contribution >= 4 is 5.97 Å². The van der Waals surface area contributed by atoms with Gasteiger partial charge < -0.3 is 19.2 Å². The van der Waals surface area contributed by atoms with Gasteiger partial charge in [0.25, 0.3) is 0 Å². The largest absolute Gasteiger partial charge is 0.574 e. The molecule has 1 aromatic rings. The van der Waals surface area contributed by atoms with E-state index in [1.807, 2.05) is 4.98 Å². The Labute approximate surface area is 105 Å². The van der Waals surface area contributed by atoms with Crippen molar-refractivity contribution in [1.29, 1.82) is 0 Å². The molecule has 9 heteroatoms. The molecule has 1 heterocycles. The topological polar surface area (TPSA) is 77.6 Å². The molecule has 6 nitrogen and oxygen atoms in total. The van der Waals surface area contributed by atoms with E-state index >= 15 is 0 Å². The monoisotopic (exact) mass is 281 g/mol. The number of esters is 1. The van der Waals surface area contributed by atoms with Gasteiger partial charge in [-0.05, 0) is 6.92 Å². The van der Waals surface area contributed by atoms with Crippen molar-refractivity contribution in [3.8, 4) is 11.6 Å². The number of aromatic amines is 1. The second kappa shape index (κ2) is 5.63. The van der Waals surface area contributed by atoms with Gasteiger partial charge in [-0.3, -0.25) is 4.79 Å². The first kappa shape index (κ1) is 14.9. The number of aromatic nitrogens is 1. The smallest absolute Gasteiger partial charge is 0.491 e. The van der Waals surface area contributed by atoms with Crippen LogP contribution in [-0.2, 0) is 4.74 Å². The fraction of sp³-hybridized carbons (Fsp3) is 0.400.